The smallest absolute Gasteiger partial charge is 0.325 e. The first-order chi connectivity index (χ1) is 14.5. The van der Waals surface area contributed by atoms with Gasteiger partial charge in [-0.05, 0) is 23.1 Å². The fourth-order valence-electron chi connectivity index (χ4n) is 2.97. The van der Waals surface area contributed by atoms with Crippen LogP contribution < -0.4 is 5.32 Å². The molecule has 164 valence electrons. The lowest BCUT2D eigenvalue weighted by molar-refractivity contribution is -0.137. The first-order valence-electron chi connectivity index (χ1n) is 9.56. The number of alkyl halides is 3. The van der Waals surface area contributed by atoms with Crippen molar-refractivity contribution in [2.24, 2.45) is 7.05 Å². The van der Waals surface area contributed by atoms with E-state index in [1.165, 1.54) is 23.8 Å². The van der Waals surface area contributed by atoms with Crippen LogP contribution in [0, 0.1) is 0 Å². The lowest BCUT2D eigenvalue weighted by Gasteiger charge is -2.19. The van der Waals surface area contributed by atoms with Gasteiger partial charge in [0.15, 0.2) is 11.0 Å². The molecule has 0 radical (unpaired) electrons. The number of amides is 1. The maximum Gasteiger partial charge on any atom is 0.418 e. The van der Waals surface area contributed by atoms with E-state index in [9.17, 15) is 18.0 Å². The van der Waals surface area contributed by atoms with Gasteiger partial charge in [-0.1, -0.05) is 68.9 Å². The van der Waals surface area contributed by atoms with Gasteiger partial charge in [0.2, 0.25) is 5.91 Å². The first kappa shape index (κ1) is 22.9. The Morgan fingerprint density at radius 1 is 1.03 bits per heavy atom. The Balaban J connectivity index is 1.68. The molecule has 0 aliphatic rings. The van der Waals surface area contributed by atoms with E-state index in [2.05, 4.69) is 36.3 Å². The monoisotopic (exact) mass is 448 g/mol. The second-order valence-corrected chi connectivity index (χ2v) is 9.02. The highest BCUT2D eigenvalue weighted by molar-refractivity contribution is 7.99. The third-order valence-corrected chi connectivity index (χ3v) is 5.70. The fraction of sp³-hybridized carbons (Fsp3) is 0.318. The standard InChI is InChI=1S/C22H23F3N4OS/c1-21(2,3)15-11-9-14(10-12-15)19-27-28-20(29(19)4)31-13-18(30)26-17-8-6-5-7-16(17)22(23,24)25/h5-12H,13H2,1-4H3,(H,26,30). The molecule has 1 heterocycles. The number of anilines is 1. The van der Waals surface area contributed by atoms with Gasteiger partial charge in [-0.15, -0.1) is 10.2 Å². The Hall–Kier alpha value is -2.81. The van der Waals surface area contributed by atoms with Crippen molar-refractivity contribution in [3.63, 3.8) is 0 Å². The number of hydrogen-bond donors (Lipinski definition) is 1. The van der Waals surface area contributed by atoms with Crippen LogP contribution in [0.4, 0.5) is 18.9 Å². The summed E-state index contributed by atoms with van der Waals surface area (Å²) in [6.07, 6.45) is -4.54. The Morgan fingerprint density at radius 3 is 2.29 bits per heavy atom. The molecule has 2 aromatic carbocycles. The topological polar surface area (TPSA) is 59.8 Å². The van der Waals surface area contributed by atoms with Crippen molar-refractivity contribution in [3.8, 4) is 11.4 Å². The normalized spacial score (nSPS) is 12.1. The number of rotatable bonds is 5. The predicted octanol–water partition coefficient (Wildman–Crippen LogP) is 5.53. The minimum absolute atomic E-state index is 0.0392. The third kappa shape index (κ3) is 5.46. The molecule has 1 amide bonds. The molecule has 3 rings (SSSR count). The van der Waals surface area contributed by atoms with Gasteiger partial charge < -0.3 is 9.88 Å². The largest absolute Gasteiger partial charge is 0.418 e. The van der Waals surface area contributed by atoms with E-state index in [4.69, 9.17) is 0 Å². The molecule has 0 spiro atoms. The number of hydrogen-bond acceptors (Lipinski definition) is 4. The van der Waals surface area contributed by atoms with Crippen molar-refractivity contribution < 1.29 is 18.0 Å². The molecule has 1 aromatic heterocycles. The summed E-state index contributed by atoms with van der Waals surface area (Å²) in [4.78, 5) is 12.2. The molecule has 0 atom stereocenters. The van der Waals surface area contributed by atoms with Gasteiger partial charge in [0.25, 0.3) is 0 Å². The van der Waals surface area contributed by atoms with E-state index in [-0.39, 0.29) is 16.9 Å². The van der Waals surface area contributed by atoms with Crippen LogP contribution in [-0.4, -0.2) is 26.4 Å². The molecule has 3 aromatic rings. The number of halogens is 3. The molecular weight excluding hydrogens is 425 g/mol. The number of para-hydroxylation sites is 1. The minimum atomic E-state index is -4.54. The van der Waals surface area contributed by atoms with E-state index in [0.29, 0.717) is 11.0 Å². The predicted molar refractivity (Wildman–Crippen MR) is 116 cm³/mol. The van der Waals surface area contributed by atoms with Gasteiger partial charge in [0.05, 0.1) is 17.0 Å². The molecule has 0 aliphatic carbocycles. The maximum atomic E-state index is 13.1. The molecular formula is C22H23F3N4OS. The second-order valence-electron chi connectivity index (χ2n) is 8.07. The van der Waals surface area contributed by atoms with Crippen molar-refractivity contribution in [1.29, 1.82) is 0 Å². The Kier molecular flexibility index (Phi) is 6.45. The van der Waals surface area contributed by atoms with Crippen molar-refractivity contribution >= 4 is 23.4 Å². The zero-order valence-corrected chi connectivity index (χ0v) is 18.4. The third-order valence-electron chi connectivity index (χ3n) is 4.68. The van der Waals surface area contributed by atoms with Crippen LogP contribution in [0.3, 0.4) is 0 Å². The summed E-state index contributed by atoms with van der Waals surface area (Å²) in [5.74, 6) is -0.00669. The average Bonchev–Trinajstić information content (AvgIpc) is 3.06. The van der Waals surface area contributed by atoms with Crippen LogP contribution in [0.25, 0.3) is 11.4 Å². The quantitative estimate of drug-likeness (QED) is 0.522. The molecule has 9 heteroatoms. The SMILES string of the molecule is Cn1c(SCC(=O)Nc2ccccc2C(F)(F)F)nnc1-c1ccc(C(C)(C)C)cc1. The minimum Gasteiger partial charge on any atom is -0.325 e. The van der Waals surface area contributed by atoms with E-state index < -0.39 is 17.6 Å². The Labute approximate surface area is 183 Å². The number of thioether (sulfide) groups is 1. The summed E-state index contributed by atoms with van der Waals surface area (Å²) in [7, 11) is 1.78. The molecule has 0 bridgehead atoms. The first-order valence-corrected chi connectivity index (χ1v) is 10.5. The van der Waals surface area contributed by atoms with Crippen LogP contribution in [0.5, 0.6) is 0 Å². The fourth-order valence-corrected chi connectivity index (χ4v) is 3.68. The van der Waals surface area contributed by atoms with Crippen LogP contribution in [0.15, 0.2) is 53.7 Å². The summed E-state index contributed by atoms with van der Waals surface area (Å²) >= 11 is 1.11. The molecule has 5 nitrogen and oxygen atoms in total. The van der Waals surface area contributed by atoms with Gasteiger partial charge in [-0.3, -0.25) is 4.79 Å². The molecule has 0 unspecified atom stereocenters. The number of aromatic nitrogens is 3. The number of carbonyl (C=O) groups excluding carboxylic acids is 1. The lowest BCUT2D eigenvalue weighted by atomic mass is 9.87. The average molecular weight is 449 g/mol. The molecule has 31 heavy (non-hydrogen) atoms. The van der Waals surface area contributed by atoms with Crippen molar-refractivity contribution in [2.75, 3.05) is 11.1 Å². The molecule has 0 fully saturated rings. The zero-order chi connectivity index (χ0) is 22.8. The number of nitrogens with zero attached hydrogens (tertiary/aromatic N) is 3. The lowest BCUT2D eigenvalue weighted by Crippen LogP contribution is -2.18. The van der Waals surface area contributed by atoms with Gasteiger partial charge in [-0.25, -0.2) is 0 Å². The van der Waals surface area contributed by atoms with Crippen molar-refractivity contribution in [1.82, 2.24) is 14.8 Å². The van der Waals surface area contributed by atoms with Crippen LogP contribution >= 0.6 is 11.8 Å². The number of carbonyl (C=O) groups is 1. The van der Waals surface area contributed by atoms with Crippen LogP contribution in [0.2, 0.25) is 0 Å². The van der Waals surface area contributed by atoms with Crippen LogP contribution in [0.1, 0.15) is 31.9 Å². The highest BCUT2D eigenvalue weighted by Gasteiger charge is 2.33. The Morgan fingerprint density at radius 2 is 1.68 bits per heavy atom. The Bertz CT molecular complexity index is 1070. The second kappa shape index (κ2) is 8.74. The summed E-state index contributed by atoms with van der Waals surface area (Å²) in [5.41, 5.74) is 0.978. The van der Waals surface area contributed by atoms with Crippen LogP contribution in [-0.2, 0) is 23.4 Å². The highest BCUT2D eigenvalue weighted by atomic mass is 32.2. The van der Waals surface area contributed by atoms with E-state index >= 15 is 0 Å². The molecule has 0 saturated carbocycles. The van der Waals surface area contributed by atoms with E-state index in [1.807, 2.05) is 24.3 Å². The summed E-state index contributed by atoms with van der Waals surface area (Å²) in [6.45, 7) is 6.41. The van der Waals surface area contributed by atoms with Crippen molar-refractivity contribution in [2.45, 2.75) is 37.5 Å². The van der Waals surface area contributed by atoms with Gasteiger partial charge in [0, 0.05) is 12.6 Å². The molecule has 0 aliphatic heterocycles. The summed E-state index contributed by atoms with van der Waals surface area (Å²) in [5, 5.41) is 11.1. The summed E-state index contributed by atoms with van der Waals surface area (Å²) in [6, 6.07) is 12.9. The van der Waals surface area contributed by atoms with E-state index in [1.54, 1.807) is 11.6 Å². The number of nitrogens with one attached hydrogen (secondary N) is 1. The van der Waals surface area contributed by atoms with E-state index in [0.717, 1.165) is 23.4 Å². The van der Waals surface area contributed by atoms with Gasteiger partial charge in [-0.2, -0.15) is 13.2 Å². The summed E-state index contributed by atoms with van der Waals surface area (Å²) < 4.78 is 41.0. The molecule has 1 N–H and O–H groups in total. The molecule has 0 saturated heterocycles. The number of benzene rings is 2. The van der Waals surface area contributed by atoms with Gasteiger partial charge in [0.1, 0.15) is 0 Å². The maximum absolute atomic E-state index is 13.1. The zero-order valence-electron chi connectivity index (χ0n) is 17.6. The highest BCUT2D eigenvalue weighted by Crippen LogP contribution is 2.34. The van der Waals surface area contributed by atoms with Gasteiger partial charge >= 0.3 is 6.18 Å². The van der Waals surface area contributed by atoms with Crippen molar-refractivity contribution in [3.05, 3.63) is 59.7 Å².